The minimum absolute atomic E-state index is 0.245. The Kier molecular flexibility index (Phi) is 5.72. The highest BCUT2D eigenvalue weighted by molar-refractivity contribution is 9.12. The van der Waals surface area contributed by atoms with Crippen LogP contribution in [0.3, 0.4) is 0 Å². The van der Waals surface area contributed by atoms with E-state index in [1.54, 1.807) is 6.20 Å². The molecule has 0 bridgehead atoms. The third-order valence-corrected chi connectivity index (χ3v) is 7.51. The molecule has 32 heavy (non-hydrogen) atoms. The topological polar surface area (TPSA) is 66.9 Å². The second kappa shape index (κ2) is 8.66. The molecule has 3 aromatic rings. The van der Waals surface area contributed by atoms with E-state index in [0.717, 1.165) is 64.6 Å². The number of carbonyl (C=O) groups excluding carboxylic acids is 1. The Hall–Kier alpha value is -2.73. The number of pyridine rings is 2. The molecule has 2 aromatic heterocycles. The van der Waals surface area contributed by atoms with Gasteiger partial charge in [0.05, 0.1) is 9.90 Å². The van der Waals surface area contributed by atoms with Crippen molar-refractivity contribution in [2.45, 2.75) is 51.5 Å². The van der Waals surface area contributed by atoms with Gasteiger partial charge >= 0.3 is 0 Å². The normalized spacial score (nSPS) is 18.5. The van der Waals surface area contributed by atoms with Gasteiger partial charge in [0.25, 0.3) is 0 Å². The lowest BCUT2D eigenvalue weighted by Gasteiger charge is -2.46. The third-order valence-electron chi connectivity index (χ3n) is 6.76. The van der Waals surface area contributed by atoms with Crippen LogP contribution < -0.4 is 10.6 Å². The van der Waals surface area contributed by atoms with E-state index < -0.39 is 0 Å². The summed E-state index contributed by atoms with van der Waals surface area (Å²) in [4.78, 5) is 21.3. The molecule has 1 aromatic carbocycles. The smallest absolute Gasteiger partial charge is 0.183 e. The Balaban J connectivity index is 1.24. The molecule has 2 N–H and O–H groups in total. The predicted molar refractivity (Wildman–Crippen MR) is 132 cm³/mol. The molecule has 164 valence electrons. The second-order valence-electron chi connectivity index (χ2n) is 8.99. The van der Waals surface area contributed by atoms with E-state index >= 15 is 0 Å². The van der Waals surface area contributed by atoms with Crippen LogP contribution in [0, 0.1) is 5.41 Å². The third kappa shape index (κ3) is 3.81. The number of rotatable bonds is 6. The summed E-state index contributed by atoms with van der Waals surface area (Å²) in [5.74, 6) is 1.10. The van der Waals surface area contributed by atoms with Gasteiger partial charge in [-0.05, 0) is 77.3 Å². The second-order valence-corrected chi connectivity index (χ2v) is 9.78. The van der Waals surface area contributed by atoms with Gasteiger partial charge in [0, 0.05) is 41.4 Å². The SMILES string of the molecule is C[C@@H](Cc1ccc(Nc2nccc3ccncc23)cc1)NC1=C(Br)C(=O)C12CCCCC2. The van der Waals surface area contributed by atoms with Gasteiger partial charge in [-0.1, -0.05) is 31.4 Å². The molecule has 1 saturated carbocycles. The van der Waals surface area contributed by atoms with Crippen molar-refractivity contribution in [3.8, 4) is 0 Å². The zero-order valence-electron chi connectivity index (χ0n) is 18.2. The number of benzene rings is 1. The van der Waals surface area contributed by atoms with Crippen LogP contribution in [-0.2, 0) is 11.2 Å². The first-order chi connectivity index (χ1) is 15.6. The average Bonchev–Trinajstić information content (AvgIpc) is 2.84. The maximum absolute atomic E-state index is 12.6. The lowest BCUT2D eigenvalue weighted by molar-refractivity contribution is -0.127. The number of carbonyl (C=O) groups is 1. The standard InChI is InChI=1S/C26H27BrN4O/c1-17(30-23-22(27)24(32)26(23)11-3-2-4-12-26)15-18-5-7-20(8-6-18)31-25-21-16-28-13-9-19(21)10-14-29-25/h5-10,13-14,16-17,30H,2-4,11-12,15H2,1H3,(H,29,31)/t17-/m0/s1. The maximum atomic E-state index is 12.6. The minimum Gasteiger partial charge on any atom is -0.384 e. The van der Waals surface area contributed by atoms with Gasteiger partial charge in [-0.25, -0.2) is 4.98 Å². The molecule has 2 aliphatic rings. The predicted octanol–water partition coefficient (Wildman–Crippen LogP) is 6.03. The fraction of sp³-hybridized carbons (Fsp3) is 0.346. The van der Waals surface area contributed by atoms with Crippen molar-refractivity contribution >= 4 is 44.0 Å². The molecule has 1 spiro atoms. The van der Waals surface area contributed by atoms with Crippen LogP contribution >= 0.6 is 15.9 Å². The summed E-state index contributed by atoms with van der Waals surface area (Å²) in [6, 6.07) is 12.7. The molecular weight excluding hydrogens is 464 g/mol. The van der Waals surface area contributed by atoms with Crippen LogP contribution in [0.2, 0.25) is 0 Å². The first-order valence-corrected chi connectivity index (χ1v) is 12.1. The molecule has 1 atom stereocenters. The number of nitrogens with one attached hydrogen (secondary N) is 2. The summed E-state index contributed by atoms with van der Waals surface area (Å²) in [7, 11) is 0. The van der Waals surface area contributed by atoms with Crippen LogP contribution in [0.4, 0.5) is 11.5 Å². The van der Waals surface area contributed by atoms with Crippen LogP contribution in [-0.4, -0.2) is 21.8 Å². The van der Waals surface area contributed by atoms with E-state index in [2.05, 4.69) is 67.7 Å². The van der Waals surface area contributed by atoms with E-state index in [1.165, 1.54) is 12.0 Å². The Labute approximate surface area is 196 Å². The largest absolute Gasteiger partial charge is 0.384 e. The summed E-state index contributed by atoms with van der Waals surface area (Å²) in [5.41, 5.74) is 3.13. The zero-order chi connectivity index (χ0) is 22.1. The van der Waals surface area contributed by atoms with Crippen molar-refractivity contribution in [1.29, 1.82) is 0 Å². The number of anilines is 2. The summed E-state index contributed by atoms with van der Waals surface area (Å²) in [6.45, 7) is 2.19. The van der Waals surface area contributed by atoms with Gasteiger partial charge in [-0.15, -0.1) is 0 Å². The molecule has 0 aliphatic heterocycles. The number of hydrogen-bond donors (Lipinski definition) is 2. The number of Topliss-reactive ketones (excluding diaryl/α,β-unsaturated/α-hetero) is 1. The highest BCUT2D eigenvalue weighted by Crippen LogP contribution is 2.53. The lowest BCUT2D eigenvalue weighted by Crippen LogP contribution is -2.51. The molecule has 6 heteroatoms. The molecule has 2 heterocycles. The maximum Gasteiger partial charge on any atom is 0.183 e. The van der Waals surface area contributed by atoms with Crippen molar-refractivity contribution in [3.05, 3.63) is 70.7 Å². The molecule has 0 saturated heterocycles. The van der Waals surface area contributed by atoms with Gasteiger partial charge in [0.15, 0.2) is 5.78 Å². The van der Waals surface area contributed by atoms with Gasteiger partial charge in [-0.3, -0.25) is 9.78 Å². The zero-order valence-corrected chi connectivity index (χ0v) is 19.8. The number of fused-ring (bicyclic) bond motifs is 1. The van der Waals surface area contributed by atoms with Gasteiger partial charge in [-0.2, -0.15) is 0 Å². The summed E-state index contributed by atoms with van der Waals surface area (Å²) in [6.07, 6.45) is 11.8. The van der Waals surface area contributed by atoms with E-state index in [1.807, 2.05) is 24.5 Å². The Morgan fingerprint density at radius 3 is 2.59 bits per heavy atom. The van der Waals surface area contributed by atoms with Gasteiger partial charge < -0.3 is 10.6 Å². The summed E-state index contributed by atoms with van der Waals surface area (Å²) < 4.78 is 0.753. The number of nitrogens with zero attached hydrogens (tertiary/aromatic N) is 2. The lowest BCUT2D eigenvalue weighted by atomic mass is 9.62. The van der Waals surface area contributed by atoms with Crippen LogP contribution in [0.5, 0.6) is 0 Å². The fourth-order valence-corrected chi connectivity index (χ4v) is 5.91. The highest BCUT2D eigenvalue weighted by Gasteiger charge is 2.53. The quantitative estimate of drug-likeness (QED) is 0.441. The number of allylic oxidation sites excluding steroid dienone is 2. The van der Waals surface area contributed by atoms with Crippen LogP contribution in [0.25, 0.3) is 10.8 Å². The van der Waals surface area contributed by atoms with Crippen molar-refractivity contribution in [1.82, 2.24) is 15.3 Å². The van der Waals surface area contributed by atoms with E-state index in [4.69, 9.17) is 0 Å². The number of aromatic nitrogens is 2. The van der Waals surface area contributed by atoms with E-state index in [0.29, 0.717) is 5.78 Å². The monoisotopic (exact) mass is 490 g/mol. The first-order valence-electron chi connectivity index (χ1n) is 11.3. The van der Waals surface area contributed by atoms with Gasteiger partial charge in [0.2, 0.25) is 0 Å². The Bertz CT molecular complexity index is 1180. The highest BCUT2D eigenvalue weighted by atomic mass is 79.9. The van der Waals surface area contributed by atoms with Crippen molar-refractivity contribution < 1.29 is 4.79 Å². The molecule has 2 aliphatic carbocycles. The van der Waals surface area contributed by atoms with E-state index in [-0.39, 0.29) is 11.5 Å². The van der Waals surface area contributed by atoms with Crippen molar-refractivity contribution in [3.63, 3.8) is 0 Å². The molecule has 1 fully saturated rings. The average molecular weight is 491 g/mol. The molecule has 0 radical (unpaired) electrons. The van der Waals surface area contributed by atoms with Crippen LogP contribution in [0.1, 0.15) is 44.6 Å². The number of halogens is 1. The Morgan fingerprint density at radius 2 is 1.81 bits per heavy atom. The van der Waals surface area contributed by atoms with E-state index in [9.17, 15) is 4.79 Å². The minimum atomic E-state index is -0.251. The summed E-state index contributed by atoms with van der Waals surface area (Å²) >= 11 is 3.52. The van der Waals surface area contributed by atoms with Crippen LogP contribution in [0.15, 0.2) is 65.2 Å². The molecule has 0 amide bonds. The summed E-state index contributed by atoms with van der Waals surface area (Å²) in [5, 5.41) is 9.18. The first kappa shape index (κ1) is 21.1. The number of hydrogen-bond acceptors (Lipinski definition) is 5. The van der Waals surface area contributed by atoms with Gasteiger partial charge in [0.1, 0.15) is 5.82 Å². The van der Waals surface area contributed by atoms with Crippen molar-refractivity contribution in [2.75, 3.05) is 5.32 Å². The fourth-order valence-electron chi connectivity index (χ4n) is 5.04. The molecule has 0 unspecified atom stereocenters. The Morgan fingerprint density at radius 1 is 1.06 bits per heavy atom. The number of ketones is 1. The van der Waals surface area contributed by atoms with Crippen molar-refractivity contribution in [2.24, 2.45) is 5.41 Å². The molecule has 5 rings (SSSR count). The molecule has 5 nitrogen and oxygen atoms in total. The molecular formula is C26H27BrN4O.